The van der Waals surface area contributed by atoms with Crippen LogP contribution in [-0.2, 0) is 0 Å². The van der Waals surface area contributed by atoms with Crippen molar-refractivity contribution in [2.75, 3.05) is 13.1 Å². The molecule has 1 saturated heterocycles. The molecule has 1 aliphatic rings. The number of rotatable bonds is 3. The van der Waals surface area contributed by atoms with E-state index >= 15 is 0 Å². The van der Waals surface area contributed by atoms with Crippen molar-refractivity contribution in [3.63, 3.8) is 0 Å². The topological polar surface area (TPSA) is 86.8 Å². The monoisotopic (exact) mass is 337 g/mol. The number of aromatic nitrogens is 4. The zero-order valence-corrected chi connectivity index (χ0v) is 13.7. The molecular formula is C18H19N5O2. The van der Waals surface area contributed by atoms with Crippen LogP contribution in [-0.4, -0.2) is 43.9 Å². The molecular weight excluding hydrogens is 318 g/mol. The maximum Gasteiger partial charge on any atom is 0.271 e. The summed E-state index contributed by atoms with van der Waals surface area (Å²) in [6, 6.07) is 12.5. The third-order valence-electron chi connectivity index (χ3n) is 4.64. The molecule has 1 aliphatic heterocycles. The fraction of sp³-hybridized carbons (Fsp3) is 0.278. The van der Waals surface area contributed by atoms with Gasteiger partial charge in [-0.15, -0.1) is 0 Å². The second-order valence-electron chi connectivity index (χ2n) is 6.28. The highest BCUT2D eigenvalue weighted by atomic mass is 16.2. The molecule has 0 bridgehead atoms. The van der Waals surface area contributed by atoms with Crippen molar-refractivity contribution in [3.8, 4) is 5.69 Å². The number of nitrogens with zero attached hydrogens (tertiary/aromatic N) is 3. The number of piperidine rings is 1. The van der Waals surface area contributed by atoms with Gasteiger partial charge in [-0.3, -0.25) is 19.8 Å². The molecule has 0 spiro atoms. The Balaban J connectivity index is 1.56. The van der Waals surface area contributed by atoms with Gasteiger partial charge in [0.25, 0.3) is 11.5 Å². The Morgan fingerprint density at radius 1 is 1.20 bits per heavy atom. The molecule has 25 heavy (non-hydrogen) atoms. The summed E-state index contributed by atoms with van der Waals surface area (Å²) >= 11 is 0. The quantitative estimate of drug-likeness (QED) is 0.765. The van der Waals surface area contributed by atoms with E-state index in [-0.39, 0.29) is 17.4 Å². The second-order valence-corrected chi connectivity index (χ2v) is 6.28. The van der Waals surface area contributed by atoms with Crippen LogP contribution in [0.4, 0.5) is 0 Å². The third kappa shape index (κ3) is 3.00. The zero-order valence-electron chi connectivity index (χ0n) is 13.7. The summed E-state index contributed by atoms with van der Waals surface area (Å²) in [6.45, 7) is 1.32. The number of hydrogen-bond donors (Lipinski definition) is 2. The van der Waals surface area contributed by atoms with Crippen molar-refractivity contribution >= 4 is 5.91 Å². The zero-order chi connectivity index (χ0) is 17.2. The van der Waals surface area contributed by atoms with Crippen LogP contribution in [0.1, 0.15) is 34.9 Å². The fourth-order valence-electron chi connectivity index (χ4n) is 3.35. The van der Waals surface area contributed by atoms with Gasteiger partial charge in [-0.25, -0.2) is 4.68 Å². The minimum absolute atomic E-state index is 0.143. The highest BCUT2D eigenvalue weighted by molar-refractivity contribution is 5.92. The summed E-state index contributed by atoms with van der Waals surface area (Å²) in [6.07, 6.45) is 3.68. The summed E-state index contributed by atoms with van der Waals surface area (Å²) in [5.41, 5.74) is 1.84. The Bertz CT molecular complexity index is 911. The van der Waals surface area contributed by atoms with Gasteiger partial charge in [0.2, 0.25) is 0 Å². The van der Waals surface area contributed by atoms with Gasteiger partial charge in [-0.05, 0) is 31.0 Å². The number of para-hydroxylation sites is 1. The van der Waals surface area contributed by atoms with E-state index in [1.807, 2.05) is 36.4 Å². The molecule has 2 aromatic heterocycles. The molecule has 7 nitrogen and oxygen atoms in total. The second kappa shape index (κ2) is 6.43. The van der Waals surface area contributed by atoms with Crippen LogP contribution < -0.4 is 5.56 Å². The molecule has 0 radical (unpaired) electrons. The van der Waals surface area contributed by atoms with E-state index < -0.39 is 0 Å². The number of amides is 1. The average Bonchev–Trinajstić information content (AvgIpc) is 3.32. The lowest BCUT2D eigenvalue weighted by Gasteiger charge is -2.31. The number of hydrogen-bond acceptors (Lipinski definition) is 3. The number of carbonyl (C=O) groups is 1. The van der Waals surface area contributed by atoms with Gasteiger partial charge in [-0.1, -0.05) is 18.2 Å². The van der Waals surface area contributed by atoms with Crippen LogP contribution in [0.15, 0.2) is 53.5 Å². The van der Waals surface area contributed by atoms with Crippen molar-refractivity contribution < 1.29 is 4.79 Å². The number of H-pyrrole nitrogens is 2. The summed E-state index contributed by atoms with van der Waals surface area (Å²) in [5.74, 6) is 0.110. The molecule has 7 heteroatoms. The van der Waals surface area contributed by atoms with Crippen LogP contribution >= 0.6 is 0 Å². The van der Waals surface area contributed by atoms with Crippen LogP contribution in [0.3, 0.4) is 0 Å². The molecule has 1 fully saturated rings. The van der Waals surface area contributed by atoms with Crippen LogP contribution in [0.2, 0.25) is 0 Å². The van der Waals surface area contributed by atoms with E-state index in [2.05, 4.69) is 15.3 Å². The first-order valence-electron chi connectivity index (χ1n) is 8.38. The van der Waals surface area contributed by atoms with Gasteiger partial charge in [0.1, 0.15) is 5.69 Å². The first-order chi connectivity index (χ1) is 12.2. The van der Waals surface area contributed by atoms with Crippen LogP contribution in [0, 0.1) is 0 Å². The molecule has 1 atom stereocenters. The van der Waals surface area contributed by atoms with Crippen molar-refractivity contribution in [1.29, 1.82) is 0 Å². The Morgan fingerprint density at radius 3 is 2.80 bits per heavy atom. The van der Waals surface area contributed by atoms with E-state index in [0.29, 0.717) is 24.5 Å². The fourth-order valence-corrected chi connectivity index (χ4v) is 3.35. The molecule has 128 valence electrons. The Hall–Kier alpha value is -3.09. The Kier molecular flexibility index (Phi) is 3.97. The molecule has 0 aliphatic carbocycles. The van der Waals surface area contributed by atoms with Gasteiger partial charge < -0.3 is 4.90 Å². The van der Waals surface area contributed by atoms with E-state index in [0.717, 1.165) is 18.5 Å². The van der Waals surface area contributed by atoms with Crippen molar-refractivity contribution in [1.82, 2.24) is 24.9 Å². The van der Waals surface area contributed by atoms with E-state index in [9.17, 15) is 9.59 Å². The summed E-state index contributed by atoms with van der Waals surface area (Å²) in [7, 11) is 0. The highest BCUT2D eigenvalue weighted by Crippen LogP contribution is 2.25. The van der Waals surface area contributed by atoms with Crippen LogP contribution in [0.5, 0.6) is 0 Å². The van der Waals surface area contributed by atoms with Gasteiger partial charge >= 0.3 is 0 Å². The minimum Gasteiger partial charge on any atom is -0.337 e. The number of nitrogens with one attached hydrogen (secondary N) is 2. The molecule has 1 aromatic carbocycles. The Labute approximate surface area is 144 Å². The first-order valence-corrected chi connectivity index (χ1v) is 8.38. The number of carbonyl (C=O) groups excluding carboxylic acids is 1. The smallest absolute Gasteiger partial charge is 0.271 e. The first kappa shape index (κ1) is 15.4. The highest BCUT2D eigenvalue weighted by Gasteiger charge is 2.27. The lowest BCUT2D eigenvalue weighted by Crippen LogP contribution is -2.39. The van der Waals surface area contributed by atoms with Crippen molar-refractivity contribution in [3.05, 3.63) is 70.4 Å². The maximum absolute atomic E-state index is 12.8. The van der Waals surface area contributed by atoms with E-state index in [1.54, 1.807) is 11.1 Å². The number of likely N-dealkylation sites (tertiary alicyclic amines) is 1. The Morgan fingerprint density at radius 2 is 2.04 bits per heavy atom. The molecule has 2 N–H and O–H groups in total. The SMILES string of the molecule is O=C(c1cc(=O)n(-c2ccccc2)[nH]1)N1CCC[C@H](c2ccn[nH]2)C1. The minimum atomic E-state index is -0.239. The molecule has 3 aromatic rings. The third-order valence-corrected chi connectivity index (χ3v) is 4.64. The predicted molar refractivity (Wildman–Crippen MR) is 92.9 cm³/mol. The average molecular weight is 337 g/mol. The summed E-state index contributed by atoms with van der Waals surface area (Å²) < 4.78 is 1.39. The molecule has 0 saturated carbocycles. The van der Waals surface area contributed by atoms with Gasteiger partial charge in [0.15, 0.2) is 0 Å². The summed E-state index contributed by atoms with van der Waals surface area (Å²) in [4.78, 5) is 26.9. The van der Waals surface area contributed by atoms with Gasteiger partial charge in [-0.2, -0.15) is 5.10 Å². The predicted octanol–water partition coefficient (Wildman–Crippen LogP) is 1.91. The van der Waals surface area contributed by atoms with Crippen molar-refractivity contribution in [2.45, 2.75) is 18.8 Å². The standard InChI is InChI=1S/C18H19N5O2/c24-17-11-16(21-23(17)14-6-2-1-3-7-14)18(25)22-10-4-5-13(12-22)15-8-9-19-20-15/h1-3,6-9,11,13,21H,4-5,10,12H2,(H,19,20)/t13-/m0/s1. The number of benzene rings is 1. The number of aromatic amines is 2. The molecule has 3 heterocycles. The molecule has 1 amide bonds. The van der Waals surface area contributed by atoms with Gasteiger partial charge in [0, 0.05) is 37.0 Å². The maximum atomic E-state index is 12.8. The lowest BCUT2D eigenvalue weighted by molar-refractivity contribution is 0.0699. The van der Waals surface area contributed by atoms with E-state index in [4.69, 9.17) is 0 Å². The van der Waals surface area contributed by atoms with E-state index in [1.165, 1.54) is 10.7 Å². The van der Waals surface area contributed by atoms with Crippen molar-refractivity contribution in [2.24, 2.45) is 0 Å². The summed E-state index contributed by atoms with van der Waals surface area (Å²) in [5, 5.41) is 9.92. The lowest BCUT2D eigenvalue weighted by atomic mass is 9.95. The van der Waals surface area contributed by atoms with Gasteiger partial charge in [0.05, 0.1) is 5.69 Å². The normalized spacial score (nSPS) is 17.6. The molecule has 4 rings (SSSR count). The van der Waals surface area contributed by atoms with Crippen LogP contribution in [0.25, 0.3) is 5.69 Å². The largest absolute Gasteiger partial charge is 0.337 e. The molecule has 0 unspecified atom stereocenters.